The first kappa shape index (κ1) is 29.1. The van der Waals surface area contributed by atoms with Gasteiger partial charge in [0.1, 0.15) is 0 Å². The molecule has 0 amide bonds. The van der Waals surface area contributed by atoms with E-state index in [1.807, 2.05) is 0 Å². The molecule has 0 spiro atoms. The molecule has 236 valence electrons. The van der Waals surface area contributed by atoms with E-state index in [9.17, 15) is 0 Å². The molecule has 0 radical (unpaired) electrons. The number of hydrogen-bond donors (Lipinski definition) is 0. The predicted octanol–water partition coefficient (Wildman–Crippen LogP) is 11.6. The average molecular weight is 623 g/mol. The predicted molar refractivity (Wildman–Crippen MR) is 203 cm³/mol. The Labute approximate surface area is 285 Å². The fraction of sp³-hybridized carbons (Fsp3) is 0.217. The van der Waals surface area contributed by atoms with E-state index in [1.165, 1.54) is 67.3 Å². The molecule has 2 unspecified atom stereocenters. The normalized spacial score (nSPS) is 22.6. The molecule has 48 heavy (non-hydrogen) atoms. The Balaban J connectivity index is 1.12. The fourth-order valence-corrected chi connectivity index (χ4v) is 8.69. The molecule has 2 nitrogen and oxygen atoms in total. The standard InChI is InChI=1S/C46H42N2/c1-3-13-33(14-4-1)35-25-27-38(28-26-35)48-45-23-10-9-22-42(45)43-30-29-40(32-46(43)48)47(44-24-12-18-36-17-7-8-21-41(36)44)39-20-11-19-37(31-39)34-15-5-2-6-16-34/h1-3,5-6,8-13,15-16,18-23,25,27,29-31,44,46H,4,7,14,17,24,26,28,32H2. The molecule has 0 aromatic heterocycles. The van der Waals surface area contributed by atoms with Gasteiger partial charge in [0.15, 0.2) is 0 Å². The van der Waals surface area contributed by atoms with Gasteiger partial charge in [0.05, 0.1) is 12.1 Å². The molecule has 0 saturated heterocycles. The molecule has 1 heterocycles. The van der Waals surface area contributed by atoms with Crippen LogP contribution in [-0.4, -0.2) is 12.1 Å². The van der Waals surface area contributed by atoms with Gasteiger partial charge < -0.3 is 9.80 Å². The molecule has 3 aromatic carbocycles. The van der Waals surface area contributed by atoms with Crippen LogP contribution in [0.15, 0.2) is 179 Å². The van der Waals surface area contributed by atoms with Gasteiger partial charge in [-0.3, -0.25) is 0 Å². The van der Waals surface area contributed by atoms with Crippen molar-refractivity contribution in [2.45, 2.75) is 63.5 Å². The lowest BCUT2D eigenvalue weighted by Gasteiger charge is -2.42. The van der Waals surface area contributed by atoms with Crippen LogP contribution in [0.3, 0.4) is 0 Å². The van der Waals surface area contributed by atoms with E-state index in [1.54, 1.807) is 0 Å². The highest BCUT2D eigenvalue weighted by molar-refractivity contribution is 5.91. The first-order chi connectivity index (χ1) is 23.8. The molecule has 0 saturated carbocycles. The lowest BCUT2D eigenvalue weighted by atomic mass is 9.84. The first-order valence-corrected chi connectivity index (χ1v) is 17.9. The Bertz CT molecular complexity index is 2040. The van der Waals surface area contributed by atoms with Gasteiger partial charge >= 0.3 is 0 Å². The second-order valence-electron chi connectivity index (χ2n) is 13.8. The summed E-state index contributed by atoms with van der Waals surface area (Å²) >= 11 is 0. The highest BCUT2D eigenvalue weighted by atomic mass is 15.2. The summed E-state index contributed by atoms with van der Waals surface area (Å²) in [5, 5.41) is 0. The van der Waals surface area contributed by atoms with Crippen LogP contribution in [0.4, 0.5) is 11.4 Å². The van der Waals surface area contributed by atoms with Crippen molar-refractivity contribution in [1.82, 2.24) is 0 Å². The van der Waals surface area contributed by atoms with Gasteiger partial charge in [0.25, 0.3) is 0 Å². The lowest BCUT2D eigenvalue weighted by Crippen LogP contribution is -2.41. The van der Waals surface area contributed by atoms with E-state index < -0.39 is 0 Å². The summed E-state index contributed by atoms with van der Waals surface area (Å²) in [6.07, 6.45) is 34.8. The van der Waals surface area contributed by atoms with Crippen molar-refractivity contribution in [3.05, 3.63) is 185 Å². The zero-order valence-electron chi connectivity index (χ0n) is 27.6. The third-order valence-corrected chi connectivity index (χ3v) is 11.0. The molecule has 5 aliphatic carbocycles. The van der Waals surface area contributed by atoms with Crippen LogP contribution in [0.1, 0.15) is 56.9 Å². The van der Waals surface area contributed by atoms with E-state index in [2.05, 4.69) is 155 Å². The molecular weight excluding hydrogens is 581 g/mol. The van der Waals surface area contributed by atoms with Gasteiger partial charge in [-0.25, -0.2) is 0 Å². The van der Waals surface area contributed by atoms with Crippen molar-refractivity contribution in [1.29, 1.82) is 0 Å². The van der Waals surface area contributed by atoms with E-state index in [4.69, 9.17) is 0 Å². The number of rotatable bonds is 6. The van der Waals surface area contributed by atoms with Crippen molar-refractivity contribution in [3.63, 3.8) is 0 Å². The Morgan fingerprint density at radius 1 is 0.646 bits per heavy atom. The minimum atomic E-state index is 0.267. The summed E-state index contributed by atoms with van der Waals surface area (Å²) in [6, 6.07) is 29.7. The van der Waals surface area contributed by atoms with E-state index in [0.717, 1.165) is 51.4 Å². The van der Waals surface area contributed by atoms with Crippen molar-refractivity contribution in [2.75, 3.05) is 9.80 Å². The summed E-state index contributed by atoms with van der Waals surface area (Å²) in [4.78, 5) is 5.37. The summed E-state index contributed by atoms with van der Waals surface area (Å²) < 4.78 is 0. The summed E-state index contributed by atoms with van der Waals surface area (Å²) in [5.74, 6) is 0. The number of para-hydroxylation sites is 1. The van der Waals surface area contributed by atoms with Gasteiger partial charge in [-0.15, -0.1) is 0 Å². The molecule has 3 aromatic rings. The second-order valence-corrected chi connectivity index (χ2v) is 13.8. The second kappa shape index (κ2) is 12.5. The molecule has 1 aliphatic heterocycles. The molecular formula is C46H42N2. The number of fused-ring (bicyclic) bond motifs is 3. The molecule has 9 rings (SSSR count). The van der Waals surface area contributed by atoms with Gasteiger partial charge in [0.2, 0.25) is 0 Å². The minimum Gasteiger partial charge on any atom is -0.337 e. The van der Waals surface area contributed by atoms with Crippen LogP contribution in [0.2, 0.25) is 0 Å². The summed E-state index contributed by atoms with van der Waals surface area (Å²) in [6.45, 7) is 0. The summed E-state index contributed by atoms with van der Waals surface area (Å²) in [5.41, 5.74) is 16.8. The van der Waals surface area contributed by atoms with Gasteiger partial charge in [-0.2, -0.15) is 0 Å². The van der Waals surface area contributed by atoms with Crippen LogP contribution in [0.25, 0.3) is 16.7 Å². The Kier molecular flexibility index (Phi) is 7.58. The molecule has 6 aliphatic rings. The van der Waals surface area contributed by atoms with Gasteiger partial charge in [-0.05, 0) is 114 Å². The maximum atomic E-state index is 2.69. The van der Waals surface area contributed by atoms with Gasteiger partial charge in [0, 0.05) is 34.8 Å². The number of allylic oxidation sites excluding steroid dienone is 13. The van der Waals surface area contributed by atoms with Crippen LogP contribution >= 0.6 is 0 Å². The monoisotopic (exact) mass is 622 g/mol. The number of anilines is 2. The zero-order chi connectivity index (χ0) is 31.9. The zero-order valence-corrected chi connectivity index (χ0v) is 27.6. The fourth-order valence-electron chi connectivity index (χ4n) is 8.69. The molecule has 0 N–H and O–H groups in total. The van der Waals surface area contributed by atoms with Crippen LogP contribution in [0, 0.1) is 0 Å². The van der Waals surface area contributed by atoms with E-state index in [-0.39, 0.29) is 12.1 Å². The smallest absolute Gasteiger partial charge is 0.0649 e. The van der Waals surface area contributed by atoms with Crippen molar-refractivity contribution in [3.8, 4) is 11.1 Å². The largest absolute Gasteiger partial charge is 0.337 e. The Morgan fingerprint density at radius 3 is 2.38 bits per heavy atom. The topological polar surface area (TPSA) is 6.48 Å². The van der Waals surface area contributed by atoms with Crippen molar-refractivity contribution in [2.24, 2.45) is 0 Å². The highest BCUT2D eigenvalue weighted by Crippen LogP contribution is 2.49. The van der Waals surface area contributed by atoms with Gasteiger partial charge in [-0.1, -0.05) is 115 Å². The van der Waals surface area contributed by atoms with Crippen LogP contribution in [-0.2, 0) is 0 Å². The maximum Gasteiger partial charge on any atom is 0.0649 e. The average Bonchev–Trinajstić information content (AvgIpc) is 3.50. The number of nitrogens with zero attached hydrogens (tertiary/aromatic N) is 2. The molecule has 0 bridgehead atoms. The highest BCUT2D eigenvalue weighted by Gasteiger charge is 2.40. The summed E-state index contributed by atoms with van der Waals surface area (Å²) in [7, 11) is 0. The number of benzene rings is 3. The third-order valence-electron chi connectivity index (χ3n) is 11.0. The molecule has 0 fully saturated rings. The SMILES string of the molecule is C1=CCCC(C2=CC=C(N3c4ccccc4C4=CC=C(N(c5cccc(-c6ccccc6)c5)C5CC=CC6=C5C=CCC6)CC43)CC2)=C1. The third kappa shape index (κ3) is 5.21. The van der Waals surface area contributed by atoms with Crippen molar-refractivity contribution < 1.29 is 0 Å². The minimum absolute atomic E-state index is 0.267. The van der Waals surface area contributed by atoms with E-state index >= 15 is 0 Å². The van der Waals surface area contributed by atoms with Crippen LogP contribution < -0.4 is 9.80 Å². The quantitative estimate of drug-likeness (QED) is 0.270. The lowest BCUT2D eigenvalue weighted by molar-refractivity contribution is 0.655. The van der Waals surface area contributed by atoms with Crippen LogP contribution in [0.5, 0.6) is 0 Å². The number of hydrogen-bond acceptors (Lipinski definition) is 2. The Morgan fingerprint density at radius 2 is 1.50 bits per heavy atom. The molecule has 2 heteroatoms. The first-order valence-electron chi connectivity index (χ1n) is 17.9. The van der Waals surface area contributed by atoms with E-state index in [0.29, 0.717) is 0 Å². The molecule has 2 atom stereocenters. The maximum absolute atomic E-state index is 2.69. The van der Waals surface area contributed by atoms with Crippen molar-refractivity contribution >= 4 is 16.9 Å². The Hall–Kier alpha value is -5.08.